The number of carbonyl (C=O) groups excluding carboxylic acids is 1. The highest BCUT2D eigenvalue weighted by molar-refractivity contribution is 7.92. The normalized spacial score (nSPS) is 15.1. The van der Waals surface area contributed by atoms with Crippen LogP contribution < -0.4 is 9.62 Å². The van der Waals surface area contributed by atoms with Crippen LogP contribution >= 0.6 is 11.6 Å². The van der Waals surface area contributed by atoms with Gasteiger partial charge in [-0.25, -0.2) is 8.42 Å². The summed E-state index contributed by atoms with van der Waals surface area (Å²) >= 11 is 6.06. The van der Waals surface area contributed by atoms with E-state index >= 15 is 0 Å². The SMILES string of the molecule is Cc1ccc(S(=O)(=O)N(CC(=O)NC2CCCCC2)c2ccc(Cl)cc2C)cc1. The van der Waals surface area contributed by atoms with Crippen molar-refractivity contribution in [3.63, 3.8) is 0 Å². The Morgan fingerprint density at radius 2 is 1.72 bits per heavy atom. The van der Waals surface area contributed by atoms with Gasteiger partial charge in [-0.3, -0.25) is 9.10 Å². The van der Waals surface area contributed by atoms with Crippen LogP contribution in [0, 0.1) is 13.8 Å². The molecule has 29 heavy (non-hydrogen) atoms. The van der Waals surface area contributed by atoms with Gasteiger partial charge in [-0.15, -0.1) is 0 Å². The molecule has 0 aliphatic heterocycles. The zero-order chi connectivity index (χ0) is 21.0. The van der Waals surface area contributed by atoms with Crippen molar-refractivity contribution in [1.82, 2.24) is 5.32 Å². The van der Waals surface area contributed by atoms with Crippen molar-refractivity contribution >= 4 is 33.2 Å². The summed E-state index contributed by atoms with van der Waals surface area (Å²) in [6, 6.07) is 11.8. The summed E-state index contributed by atoms with van der Waals surface area (Å²) in [6.45, 7) is 3.42. The van der Waals surface area contributed by atoms with E-state index in [1.807, 2.05) is 6.92 Å². The van der Waals surface area contributed by atoms with Gasteiger partial charge in [0.25, 0.3) is 10.0 Å². The average Bonchev–Trinajstić information content (AvgIpc) is 2.68. The van der Waals surface area contributed by atoms with Gasteiger partial charge in [0.15, 0.2) is 0 Å². The predicted octanol–water partition coefficient (Wildman–Crippen LogP) is 4.60. The monoisotopic (exact) mass is 434 g/mol. The maximum Gasteiger partial charge on any atom is 0.264 e. The average molecular weight is 435 g/mol. The second-order valence-electron chi connectivity index (χ2n) is 7.66. The van der Waals surface area contributed by atoms with Crippen LogP contribution in [0.3, 0.4) is 0 Å². The van der Waals surface area contributed by atoms with Gasteiger partial charge in [-0.2, -0.15) is 0 Å². The van der Waals surface area contributed by atoms with Crippen molar-refractivity contribution in [2.45, 2.75) is 56.9 Å². The molecular weight excluding hydrogens is 408 g/mol. The third kappa shape index (κ3) is 5.31. The summed E-state index contributed by atoms with van der Waals surface area (Å²) in [4.78, 5) is 12.9. The molecule has 7 heteroatoms. The lowest BCUT2D eigenvalue weighted by atomic mass is 9.95. The summed E-state index contributed by atoms with van der Waals surface area (Å²) < 4.78 is 28.0. The van der Waals surface area contributed by atoms with Gasteiger partial charge in [0, 0.05) is 11.1 Å². The van der Waals surface area contributed by atoms with Crippen LogP contribution in [0.5, 0.6) is 0 Å². The molecule has 0 heterocycles. The zero-order valence-corrected chi connectivity index (χ0v) is 18.4. The molecular formula is C22H27ClN2O3S. The molecule has 0 spiro atoms. The molecule has 1 fully saturated rings. The van der Waals surface area contributed by atoms with Gasteiger partial charge in [-0.05, 0) is 62.6 Å². The first-order chi connectivity index (χ1) is 13.8. The molecule has 0 saturated heterocycles. The van der Waals surface area contributed by atoms with Crippen LogP contribution in [0.2, 0.25) is 5.02 Å². The molecule has 1 aliphatic carbocycles. The minimum Gasteiger partial charge on any atom is -0.352 e. The second-order valence-corrected chi connectivity index (χ2v) is 9.96. The Bertz CT molecular complexity index is 968. The molecule has 2 aromatic carbocycles. The molecule has 0 aromatic heterocycles. The number of carbonyl (C=O) groups is 1. The number of halogens is 1. The number of nitrogens with one attached hydrogen (secondary N) is 1. The summed E-state index contributed by atoms with van der Waals surface area (Å²) in [5.74, 6) is -0.290. The smallest absolute Gasteiger partial charge is 0.264 e. The Hall–Kier alpha value is -2.05. The molecule has 0 unspecified atom stereocenters. The number of amides is 1. The quantitative estimate of drug-likeness (QED) is 0.722. The third-order valence-corrected chi connectivity index (χ3v) is 7.30. The Labute approximate surface area is 178 Å². The topological polar surface area (TPSA) is 66.5 Å². The number of benzene rings is 2. The van der Waals surface area contributed by atoms with E-state index in [1.54, 1.807) is 49.4 Å². The van der Waals surface area contributed by atoms with Crippen molar-refractivity contribution in [2.75, 3.05) is 10.8 Å². The van der Waals surface area contributed by atoms with Crippen LogP contribution in [0.25, 0.3) is 0 Å². The maximum atomic E-state index is 13.4. The molecule has 0 atom stereocenters. The molecule has 0 radical (unpaired) electrons. The van der Waals surface area contributed by atoms with Crippen molar-refractivity contribution in [3.05, 3.63) is 58.6 Å². The fourth-order valence-corrected chi connectivity index (χ4v) is 5.40. The first-order valence-corrected chi connectivity index (χ1v) is 11.7. The Balaban J connectivity index is 1.93. The third-order valence-electron chi connectivity index (χ3n) is 5.29. The van der Waals surface area contributed by atoms with Crippen molar-refractivity contribution in [3.8, 4) is 0 Å². The van der Waals surface area contributed by atoms with Crippen LogP contribution in [0.4, 0.5) is 5.69 Å². The predicted molar refractivity (Wildman–Crippen MR) is 117 cm³/mol. The molecule has 0 bridgehead atoms. The summed E-state index contributed by atoms with van der Waals surface area (Å²) in [7, 11) is -3.91. The Morgan fingerprint density at radius 3 is 2.34 bits per heavy atom. The number of anilines is 1. The van der Waals surface area contributed by atoms with Gasteiger partial charge >= 0.3 is 0 Å². The van der Waals surface area contributed by atoms with Crippen LogP contribution in [-0.2, 0) is 14.8 Å². The number of sulfonamides is 1. The minimum absolute atomic E-state index is 0.117. The number of hydrogen-bond donors (Lipinski definition) is 1. The molecule has 1 N–H and O–H groups in total. The van der Waals surface area contributed by atoms with Crippen molar-refractivity contribution in [1.29, 1.82) is 0 Å². The molecule has 156 valence electrons. The van der Waals surface area contributed by atoms with E-state index in [0.29, 0.717) is 16.3 Å². The van der Waals surface area contributed by atoms with E-state index in [2.05, 4.69) is 5.32 Å². The molecule has 5 nitrogen and oxygen atoms in total. The minimum atomic E-state index is -3.91. The van der Waals surface area contributed by atoms with Crippen LogP contribution in [0.15, 0.2) is 47.4 Å². The number of rotatable bonds is 6. The van der Waals surface area contributed by atoms with Gasteiger partial charge < -0.3 is 5.32 Å². The van der Waals surface area contributed by atoms with Gasteiger partial charge in [0.2, 0.25) is 5.91 Å². The van der Waals surface area contributed by atoms with Gasteiger partial charge in [0.05, 0.1) is 10.6 Å². The van der Waals surface area contributed by atoms with Gasteiger partial charge in [0.1, 0.15) is 6.54 Å². The number of nitrogens with zero attached hydrogens (tertiary/aromatic N) is 1. The van der Waals surface area contributed by atoms with Crippen LogP contribution in [0.1, 0.15) is 43.2 Å². The highest BCUT2D eigenvalue weighted by atomic mass is 35.5. The lowest BCUT2D eigenvalue weighted by Gasteiger charge is -2.28. The first-order valence-electron chi connectivity index (χ1n) is 9.92. The fourth-order valence-electron chi connectivity index (χ4n) is 3.69. The summed E-state index contributed by atoms with van der Waals surface area (Å²) in [5.41, 5.74) is 2.11. The maximum absolute atomic E-state index is 13.4. The highest BCUT2D eigenvalue weighted by Crippen LogP contribution is 2.29. The summed E-state index contributed by atoms with van der Waals surface area (Å²) in [6.07, 6.45) is 5.25. The molecule has 2 aromatic rings. The second kappa shape index (κ2) is 9.18. The number of hydrogen-bond acceptors (Lipinski definition) is 3. The largest absolute Gasteiger partial charge is 0.352 e. The van der Waals surface area contributed by atoms with E-state index in [4.69, 9.17) is 11.6 Å². The van der Waals surface area contributed by atoms with E-state index < -0.39 is 10.0 Å². The molecule has 1 aliphatic rings. The Morgan fingerprint density at radius 1 is 1.07 bits per heavy atom. The highest BCUT2D eigenvalue weighted by Gasteiger charge is 2.29. The van der Waals surface area contributed by atoms with Gasteiger partial charge in [-0.1, -0.05) is 48.6 Å². The van der Waals surface area contributed by atoms with E-state index in [9.17, 15) is 13.2 Å². The summed E-state index contributed by atoms with van der Waals surface area (Å²) in [5, 5.41) is 3.53. The van der Waals surface area contributed by atoms with Crippen molar-refractivity contribution in [2.24, 2.45) is 0 Å². The van der Waals surface area contributed by atoms with Crippen molar-refractivity contribution < 1.29 is 13.2 Å². The number of aryl methyl sites for hydroxylation is 2. The molecule has 3 rings (SSSR count). The van der Waals surface area contributed by atoms with E-state index in [1.165, 1.54) is 10.7 Å². The van der Waals surface area contributed by atoms with E-state index in [-0.39, 0.29) is 23.4 Å². The first kappa shape index (κ1) is 21.7. The zero-order valence-electron chi connectivity index (χ0n) is 16.8. The molecule has 1 amide bonds. The molecule has 1 saturated carbocycles. The van der Waals surface area contributed by atoms with Crippen LogP contribution in [-0.4, -0.2) is 26.9 Å². The Kier molecular flexibility index (Phi) is 6.85. The van der Waals surface area contributed by atoms with E-state index in [0.717, 1.165) is 31.2 Å². The lowest BCUT2D eigenvalue weighted by Crippen LogP contribution is -2.45. The lowest BCUT2D eigenvalue weighted by molar-refractivity contribution is -0.120. The fraction of sp³-hybridized carbons (Fsp3) is 0.409. The standard InChI is InChI=1S/C22H27ClN2O3S/c1-16-8-11-20(12-9-16)29(27,28)25(21-13-10-18(23)14-17(21)2)15-22(26)24-19-6-4-3-5-7-19/h8-14,19H,3-7,15H2,1-2H3,(H,24,26).